The molecule has 1 aromatic carbocycles. The maximum atomic E-state index is 12.7. The number of piperidine rings is 1. The van der Waals surface area contributed by atoms with Crippen LogP contribution in [0.1, 0.15) is 40.2 Å². The third-order valence-electron chi connectivity index (χ3n) is 4.75. The Morgan fingerprint density at radius 2 is 2.04 bits per heavy atom. The molecule has 1 amide bonds. The highest BCUT2D eigenvalue weighted by Crippen LogP contribution is 2.15. The van der Waals surface area contributed by atoms with Crippen molar-refractivity contribution in [1.29, 1.82) is 0 Å². The van der Waals surface area contributed by atoms with E-state index in [1.54, 1.807) is 0 Å². The number of hydrogen-bond donors (Lipinski definition) is 1. The van der Waals surface area contributed by atoms with Crippen molar-refractivity contribution in [2.45, 2.75) is 39.3 Å². The van der Waals surface area contributed by atoms with Crippen molar-refractivity contribution in [1.82, 2.24) is 20.0 Å². The van der Waals surface area contributed by atoms with Crippen molar-refractivity contribution in [2.24, 2.45) is 0 Å². The number of carbonyl (C=O) groups excluding carboxylic acids is 1. The molecule has 2 heterocycles. The van der Waals surface area contributed by atoms with Gasteiger partial charge >= 0.3 is 0 Å². The number of aryl methyl sites for hydroxylation is 2. The van der Waals surface area contributed by atoms with Crippen molar-refractivity contribution in [3.05, 3.63) is 52.8 Å². The number of benzene rings is 1. The molecule has 1 atom stereocenters. The van der Waals surface area contributed by atoms with Gasteiger partial charge in [-0.3, -0.25) is 9.48 Å². The summed E-state index contributed by atoms with van der Waals surface area (Å²) in [6.07, 6.45) is 2.20. The van der Waals surface area contributed by atoms with Crippen LogP contribution in [0.3, 0.4) is 0 Å². The van der Waals surface area contributed by atoms with Crippen LogP contribution in [0.25, 0.3) is 0 Å². The summed E-state index contributed by atoms with van der Waals surface area (Å²) in [7, 11) is 1.96. The highest BCUT2D eigenvalue weighted by Gasteiger charge is 2.23. The van der Waals surface area contributed by atoms with E-state index in [2.05, 4.69) is 23.4 Å². The van der Waals surface area contributed by atoms with Crippen LogP contribution in [0.15, 0.2) is 30.3 Å². The first-order chi connectivity index (χ1) is 11.6. The van der Waals surface area contributed by atoms with Crippen molar-refractivity contribution >= 4 is 5.91 Å². The predicted octanol–water partition coefficient (Wildman–Crippen LogP) is 2.37. The van der Waals surface area contributed by atoms with Crippen molar-refractivity contribution < 1.29 is 4.79 Å². The predicted molar refractivity (Wildman–Crippen MR) is 95.2 cm³/mol. The summed E-state index contributed by atoms with van der Waals surface area (Å²) >= 11 is 0. The van der Waals surface area contributed by atoms with Crippen LogP contribution in [0, 0.1) is 13.8 Å². The zero-order valence-corrected chi connectivity index (χ0v) is 14.7. The minimum Gasteiger partial charge on any atom is -0.337 e. The van der Waals surface area contributed by atoms with E-state index in [1.807, 2.05) is 47.8 Å². The topological polar surface area (TPSA) is 50.2 Å². The normalized spacial score (nSPS) is 18.0. The van der Waals surface area contributed by atoms with E-state index in [1.165, 1.54) is 0 Å². The molecule has 0 saturated carbocycles. The maximum absolute atomic E-state index is 12.7. The molecule has 0 spiro atoms. The Morgan fingerprint density at radius 1 is 1.29 bits per heavy atom. The first kappa shape index (κ1) is 16.7. The first-order valence-corrected chi connectivity index (χ1v) is 8.63. The summed E-state index contributed by atoms with van der Waals surface area (Å²) in [6.45, 7) is 6.45. The molecule has 0 unspecified atom stereocenters. The van der Waals surface area contributed by atoms with Crippen LogP contribution >= 0.6 is 0 Å². The van der Waals surface area contributed by atoms with E-state index in [0.717, 1.165) is 55.0 Å². The number of nitrogens with zero attached hydrogens (tertiary/aromatic N) is 3. The fourth-order valence-corrected chi connectivity index (χ4v) is 3.34. The summed E-state index contributed by atoms with van der Waals surface area (Å²) in [5.41, 5.74) is 4.11. The number of aromatic nitrogens is 2. The lowest BCUT2D eigenvalue weighted by molar-refractivity contribution is 0.0698. The average molecular weight is 326 g/mol. The lowest BCUT2D eigenvalue weighted by Gasteiger charge is -2.32. The monoisotopic (exact) mass is 326 g/mol. The molecule has 5 nitrogen and oxygen atoms in total. The van der Waals surface area contributed by atoms with Crippen LogP contribution < -0.4 is 5.32 Å². The molecule has 1 aliphatic heterocycles. The Labute approximate surface area is 143 Å². The molecule has 0 aliphatic carbocycles. The fourth-order valence-electron chi connectivity index (χ4n) is 3.34. The van der Waals surface area contributed by atoms with Crippen LogP contribution in [-0.2, 0) is 6.54 Å². The minimum absolute atomic E-state index is 0.132. The standard InChI is InChI=1S/C19H26N4O/c1-14-11-15(2)23(21-14)12-16-6-8-17(9-7-16)19(24)22-10-4-5-18(13-22)20-3/h6-9,11,18,20H,4-5,10,12-13H2,1-3H3/t18-/m0/s1. The lowest BCUT2D eigenvalue weighted by atomic mass is 10.0. The van der Waals surface area contributed by atoms with Gasteiger partial charge in [0, 0.05) is 30.4 Å². The first-order valence-electron chi connectivity index (χ1n) is 8.63. The number of nitrogens with one attached hydrogen (secondary N) is 1. The minimum atomic E-state index is 0.132. The van der Waals surface area contributed by atoms with Crippen LogP contribution in [-0.4, -0.2) is 46.8 Å². The van der Waals surface area contributed by atoms with Gasteiger partial charge in [0.15, 0.2) is 0 Å². The second-order valence-electron chi connectivity index (χ2n) is 6.66. The van der Waals surface area contributed by atoms with E-state index >= 15 is 0 Å². The van der Waals surface area contributed by atoms with Gasteiger partial charge in [-0.25, -0.2) is 0 Å². The Kier molecular flexibility index (Phi) is 5.00. The Hall–Kier alpha value is -2.14. The van der Waals surface area contributed by atoms with E-state index in [9.17, 15) is 4.79 Å². The zero-order valence-electron chi connectivity index (χ0n) is 14.7. The zero-order chi connectivity index (χ0) is 17.1. The van der Waals surface area contributed by atoms with Gasteiger partial charge < -0.3 is 10.2 Å². The molecule has 1 aliphatic rings. The Morgan fingerprint density at radius 3 is 2.67 bits per heavy atom. The molecular formula is C19H26N4O. The van der Waals surface area contributed by atoms with Crippen molar-refractivity contribution in [3.63, 3.8) is 0 Å². The molecule has 1 N–H and O–H groups in total. The van der Waals surface area contributed by atoms with Crippen LogP contribution in [0.2, 0.25) is 0 Å². The highest BCUT2D eigenvalue weighted by atomic mass is 16.2. The smallest absolute Gasteiger partial charge is 0.253 e. The quantitative estimate of drug-likeness (QED) is 0.938. The molecule has 24 heavy (non-hydrogen) atoms. The summed E-state index contributed by atoms with van der Waals surface area (Å²) in [4.78, 5) is 14.6. The maximum Gasteiger partial charge on any atom is 0.253 e. The largest absolute Gasteiger partial charge is 0.337 e. The SMILES string of the molecule is CN[C@H]1CCCN(C(=O)c2ccc(Cn3nc(C)cc3C)cc2)C1. The van der Waals surface area contributed by atoms with E-state index in [-0.39, 0.29) is 5.91 Å². The molecule has 1 saturated heterocycles. The molecule has 3 rings (SSSR count). The summed E-state index contributed by atoms with van der Waals surface area (Å²) < 4.78 is 1.99. The van der Waals surface area contributed by atoms with Gasteiger partial charge in [0.2, 0.25) is 0 Å². The molecule has 5 heteroatoms. The lowest BCUT2D eigenvalue weighted by Crippen LogP contribution is -2.46. The third-order valence-corrected chi connectivity index (χ3v) is 4.75. The Balaban J connectivity index is 1.67. The van der Waals surface area contributed by atoms with E-state index < -0.39 is 0 Å². The van der Waals surface area contributed by atoms with Crippen molar-refractivity contribution in [3.8, 4) is 0 Å². The Bertz CT molecular complexity index is 705. The van der Waals surface area contributed by atoms with Gasteiger partial charge in [-0.05, 0) is 57.5 Å². The van der Waals surface area contributed by atoms with Gasteiger partial charge in [-0.1, -0.05) is 12.1 Å². The number of rotatable bonds is 4. The fraction of sp³-hybridized carbons (Fsp3) is 0.474. The molecule has 128 valence electrons. The number of hydrogen-bond acceptors (Lipinski definition) is 3. The molecule has 1 aromatic heterocycles. The van der Waals surface area contributed by atoms with Crippen LogP contribution in [0.5, 0.6) is 0 Å². The number of likely N-dealkylation sites (N-methyl/N-ethyl adjacent to an activating group) is 1. The second kappa shape index (κ2) is 7.18. The summed E-state index contributed by atoms with van der Waals surface area (Å²) in [5, 5.41) is 7.77. The van der Waals surface area contributed by atoms with Gasteiger partial charge in [-0.15, -0.1) is 0 Å². The molecule has 0 radical (unpaired) electrons. The van der Waals surface area contributed by atoms with Crippen LogP contribution in [0.4, 0.5) is 0 Å². The van der Waals surface area contributed by atoms with E-state index in [4.69, 9.17) is 0 Å². The molecule has 2 aromatic rings. The molecule has 0 bridgehead atoms. The van der Waals surface area contributed by atoms with Crippen molar-refractivity contribution in [2.75, 3.05) is 20.1 Å². The second-order valence-corrected chi connectivity index (χ2v) is 6.66. The average Bonchev–Trinajstić information content (AvgIpc) is 2.92. The van der Waals surface area contributed by atoms with Gasteiger partial charge in [-0.2, -0.15) is 5.10 Å². The number of carbonyl (C=O) groups is 1. The third kappa shape index (κ3) is 3.67. The summed E-state index contributed by atoms with van der Waals surface area (Å²) in [5.74, 6) is 0.132. The van der Waals surface area contributed by atoms with E-state index in [0.29, 0.717) is 6.04 Å². The number of likely N-dealkylation sites (tertiary alicyclic amines) is 1. The number of amides is 1. The van der Waals surface area contributed by atoms with Gasteiger partial charge in [0.25, 0.3) is 5.91 Å². The van der Waals surface area contributed by atoms with Gasteiger partial charge in [0.1, 0.15) is 0 Å². The molecular weight excluding hydrogens is 300 g/mol. The summed E-state index contributed by atoms with van der Waals surface area (Å²) in [6, 6.07) is 10.4. The van der Waals surface area contributed by atoms with Gasteiger partial charge in [0.05, 0.1) is 12.2 Å². The molecule has 1 fully saturated rings. The highest BCUT2D eigenvalue weighted by molar-refractivity contribution is 5.94.